The van der Waals surface area contributed by atoms with Gasteiger partial charge in [-0.25, -0.2) is 0 Å². The van der Waals surface area contributed by atoms with Crippen molar-refractivity contribution in [2.45, 2.75) is 13.3 Å². The number of carbonyl (C=O) groups is 1. The van der Waals surface area contributed by atoms with Crippen LogP contribution < -0.4 is 15.0 Å². The van der Waals surface area contributed by atoms with Crippen molar-refractivity contribution in [2.24, 2.45) is 0 Å². The molecule has 2 aliphatic heterocycles. The maximum atomic E-state index is 11.7. The first-order chi connectivity index (χ1) is 9.67. The highest BCUT2D eigenvalue weighted by molar-refractivity contribution is 5.76. The molecule has 0 radical (unpaired) electrons. The molecule has 1 aromatic carbocycles. The summed E-state index contributed by atoms with van der Waals surface area (Å²) in [6.45, 7) is 8.96. The van der Waals surface area contributed by atoms with E-state index >= 15 is 0 Å². The number of hydrogen-bond donors (Lipinski definition) is 1. The first-order valence-corrected chi connectivity index (χ1v) is 6.98. The minimum absolute atomic E-state index is 0.238. The van der Waals surface area contributed by atoms with Gasteiger partial charge in [0.05, 0.1) is 5.69 Å². The predicted molar refractivity (Wildman–Crippen MR) is 78.9 cm³/mol. The summed E-state index contributed by atoms with van der Waals surface area (Å²) >= 11 is 0. The van der Waals surface area contributed by atoms with Crippen molar-refractivity contribution < 1.29 is 9.53 Å². The molecule has 1 amide bonds. The number of hydrogen-bond acceptors (Lipinski definition) is 4. The van der Waals surface area contributed by atoms with Gasteiger partial charge in [-0.1, -0.05) is 6.92 Å². The van der Waals surface area contributed by atoms with Gasteiger partial charge < -0.3 is 19.9 Å². The largest absolute Gasteiger partial charge is 0.439 e. The molecule has 0 aliphatic carbocycles. The standard InChI is InChI=1S/C15H19N3O2/c1-3-15(19)18-8-6-17(7-9-18)12-4-5-13-14(10-12)20-11(2)16-13/h4-5,10,16H,2-3,6-9H2,1H3. The molecule has 2 heterocycles. The van der Waals surface area contributed by atoms with E-state index in [1.165, 1.54) is 0 Å². The van der Waals surface area contributed by atoms with Gasteiger partial charge in [0, 0.05) is 44.4 Å². The summed E-state index contributed by atoms with van der Waals surface area (Å²) in [6.07, 6.45) is 0.584. The van der Waals surface area contributed by atoms with Crippen molar-refractivity contribution in [3.8, 4) is 5.75 Å². The van der Waals surface area contributed by atoms with Crippen molar-refractivity contribution >= 4 is 17.3 Å². The SMILES string of the molecule is C=C1Nc2ccc(N3CCN(C(=O)CC)CC3)cc2O1. The Morgan fingerprint density at radius 2 is 2.10 bits per heavy atom. The Hall–Kier alpha value is -2.17. The number of piperazine rings is 1. The average molecular weight is 273 g/mol. The van der Waals surface area contributed by atoms with E-state index in [1.54, 1.807) is 0 Å². The highest BCUT2D eigenvalue weighted by atomic mass is 16.5. The molecule has 5 nitrogen and oxygen atoms in total. The molecule has 106 valence electrons. The fourth-order valence-corrected chi connectivity index (χ4v) is 2.64. The summed E-state index contributed by atoms with van der Waals surface area (Å²) in [5.74, 6) is 1.62. The van der Waals surface area contributed by atoms with Gasteiger partial charge in [0.2, 0.25) is 5.91 Å². The zero-order chi connectivity index (χ0) is 14.1. The van der Waals surface area contributed by atoms with E-state index in [-0.39, 0.29) is 5.91 Å². The first-order valence-electron chi connectivity index (χ1n) is 6.98. The van der Waals surface area contributed by atoms with Crippen molar-refractivity contribution in [1.29, 1.82) is 0 Å². The summed E-state index contributed by atoms with van der Waals surface area (Å²) < 4.78 is 5.52. The minimum Gasteiger partial charge on any atom is -0.439 e. The van der Waals surface area contributed by atoms with Crippen LogP contribution in [0.3, 0.4) is 0 Å². The van der Waals surface area contributed by atoms with Gasteiger partial charge in [0.1, 0.15) is 0 Å². The number of fused-ring (bicyclic) bond motifs is 1. The number of anilines is 2. The number of amides is 1. The molecule has 0 atom stereocenters. The highest BCUT2D eigenvalue weighted by Gasteiger charge is 2.22. The molecule has 0 aromatic heterocycles. The van der Waals surface area contributed by atoms with Crippen LogP contribution in [0.5, 0.6) is 5.75 Å². The lowest BCUT2D eigenvalue weighted by molar-refractivity contribution is -0.131. The smallest absolute Gasteiger partial charge is 0.222 e. The van der Waals surface area contributed by atoms with Crippen LogP contribution in [0.25, 0.3) is 0 Å². The van der Waals surface area contributed by atoms with Gasteiger partial charge in [0.25, 0.3) is 0 Å². The molecule has 0 unspecified atom stereocenters. The third-order valence-corrected chi connectivity index (χ3v) is 3.77. The minimum atomic E-state index is 0.238. The summed E-state index contributed by atoms with van der Waals surface area (Å²) in [5, 5.41) is 3.07. The van der Waals surface area contributed by atoms with E-state index in [1.807, 2.05) is 24.0 Å². The number of carbonyl (C=O) groups excluding carboxylic acids is 1. The molecular weight excluding hydrogens is 254 g/mol. The van der Waals surface area contributed by atoms with Crippen LogP contribution in [0.15, 0.2) is 30.7 Å². The molecule has 1 fully saturated rings. The second-order valence-electron chi connectivity index (χ2n) is 5.05. The fourth-order valence-electron chi connectivity index (χ4n) is 2.64. The van der Waals surface area contributed by atoms with Gasteiger partial charge in [0.15, 0.2) is 11.6 Å². The summed E-state index contributed by atoms with van der Waals surface area (Å²) in [6, 6.07) is 6.11. The maximum absolute atomic E-state index is 11.7. The lowest BCUT2D eigenvalue weighted by atomic mass is 10.2. The second kappa shape index (κ2) is 5.07. The van der Waals surface area contributed by atoms with Crippen LogP contribution in [0.2, 0.25) is 0 Å². The van der Waals surface area contributed by atoms with Crippen LogP contribution in [0.1, 0.15) is 13.3 Å². The van der Waals surface area contributed by atoms with Crippen LogP contribution >= 0.6 is 0 Å². The van der Waals surface area contributed by atoms with Gasteiger partial charge in [-0.3, -0.25) is 4.79 Å². The van der Waals surface area contributed by atoms with Gasteiger partial charge in [-0.2, -0.15) is 0 Å². The van der Waals surface area contributed by atoms with E-state index in [0.717, 1.165) is 43.3 Å². The number of benzene rings is 1. The quantitative estimate of drug-likeness (QED) is 0.895. The third-order valence-electron chi connectivity index (χ3n) is 3.77. The summed E-state index contributed by atoms with van der Waals surface area (Å²) in [5.41, 5.74) is 2.09. The number of nitrogens with one attached hydrogen (secondary N) is 1. The Balaban J connectivity index is 1.68. The average Bonchev–Trinajstić information content (AvgIpc) is 2.85. The van der Waals surface area contributed by atoms with Crippen molar-refractivity contribution in [1.82, 2.24) is 4.90 Å². The van der Waals surface area contributed by atoms with E-state index in [9.17, 15) is 4.79 Å². The van der Waals surface area contributed by atoms with Gasteiger partial charge >= 0.3 is 0 Å². The Morgan fingerprint density at radius 1 is 1.35 bits per heavy atom. The van der Waals surface area contributed by atoms with Crippen LogP contribution in [-0.2, 0) is 4.79 Å². The van der Waals surface area contributed by atoms with Crippen LogP contribution in [-0.4, -0.2) is 37.0 Å². The molecule has 1 aromatic rings. The predicted octanol–water partition coefficient (Wildman–Crippen LogP) is 2.02. The lowest BCUT2D eigenvalue weighted by Gasteiger charge is -2.36. The van der Waals surface area contributed by atoms with Crippen LogP contribution in [0, 0.1) is 0 Å². The Labute approximate surface area is 118 Å². The van der Waals surface area contributed by atoms with Crippen molar-refractivity contribution in [3.63, 3.8) is 0 Å². The highest BCUT2D eigenvalue weighted by Crippen LogP contribution is 2.36. The Kier molecular flexibility index (Phi) is 3.26. The van der Waals surface area contributed by atoms with Gasteiger partial charge in [-0.05, 0) is 18.7 Å². The third kappa shape index (κ3) is 2.31. The fraction of sp³-hybridized carbons (Fsp3) is 0.400. The first kappa shape index (κ1) is 12.8. The number of ether oxygens (including phenoxy) is 1. The second-order valence-corrected chi connectivity index (χ2v) is 5.05. The van der Waals surface area contributed by atoms with E-state index < -0.39 is 0 Å². The summed E-state index contributed by atoms with van der Waals surface area (Å²) in [7, 11) is 0. The molecule has 3 rings (SSSR count). The molecule has 20 heavy (non-hydrogen) atoms. The van der Waals surface area contributed by atoms with E-state index in [0.29, 0.717) is 12.3 Å². The van der Waals surface area contributed by atoms with Crippen molar-refractivity contribution in [2.75, 3.05) is 36.4 Å². The zero-order valence-corrected chi connectivity index (χ0v) is 11.7. The van der Waals surface area contributed by atoms with E-state index in [4.69, 9.17) is 4.74 Å². The molecule has 1 N–H and O–H groups in total. The molecule has 0 spiro atoms. The summed E-state index contributed by atoms with van der Waals surface area (Å²) in [4.78, 5) is 15.9. The van der Waals surface area contributed by atoms with Crippen LogP contribution in [0.4, 0.5) is 11.4 Å². The number of nitrogens with zero attached hydrogens (tertiary/aromatic N) is 2. The molecule has 0 saturated carbocycles. The maximum Gasteiger partial charge on any atom is 0.222 e. The molecule has 2 aliphatic rings. The topological polar surface area (TPSA) is 44.8 Å². The lowest BCUT2D eigenvalue weighted by Crippen LogP contribution is -2.48. The van der Waals surface area contributed by atoms with Crippen molar-refractivity contribution in [3.05, 3.63) is 30.7 Å². The number of rotatable bonds is 2. The molecular formula is C15H19N3O2. The molecule has 1 saturated heterocycles. The van der Waals surface area contributed by atoms with E-state index in [2.05, 4.69) is 22.9 Å². The Bertz CT molecular complexity index is 548. The van der Waals surface area contributed by atoms with Gasteiger partial charge in [-0.15, -0.1) is 0 Å². The normalized spacial score (nSPS) is 17.6. The monoisotopic (exact) mass is 273 g/mol. The molecule has 0 bridgehead atoms. The Morgan fingerprint density at radius 3 is 2.80 bits per heavy atom. The zero-order valence-electron chi connectivity index (χ0n) is 11.7. The molecule has 5 heteroatoms.